The average Bonchev–Trinajstić information content (AvgIpc) is 3.30. The number of primary amides is 1. The molecule has 43 heavy (non-hydrogen) atoms. The summed E-state index contributed by atoms with van der Waals surface area (Å²) in [6.45, 7) is 1.67. The van der Waals surface area contributed by atoms with Gasteiger partial charge in [-0.2, -0.15) is 13.2 Å². The summed E-state index contributed by atoms with van der Waals surface area (Å²) in [5.41, 5.74) is 5.57. The lowest BCUT2D eigenvalue weighted by molar-refractivity contribution is -0.158. The van der Waals surface area contributed by atoms with Gasteiger partial charge in [-0.05, 0) is 70.8 Å². The number of Topliss-reactive ketones (excluding diaryl/α,β-unsaturated/α-hetero) is 1. The van der Waals surface area contributed by atoms with Crippen LogP contribution in [-0.4, -0.2) is 72.0 Å². The van der Waals surface area contributed by atoms with E-state index < -0.39 is 41.5 Å². The number of esters is 2. The molecule has 1 unspecified atom stereocenters. The summed E-state index contributed by atoms with van der Waals surface area (Å²) in [5.74, 6) is -2.16. The molecule has 234 valence electrons. The van der Waals surface area contributed by atoms with Gasteiger partial charge < -0.3 is 30.0 Å². The second kappa shape index (κ2) is 13.2. The number of benzene rings is 1. The molecule has 3 N–H and O–H groups in total. The van der Waals surface area contributed by atoms with Gasteiger partial charge in [0.2, 0.25) is 0 Å². The summed E-state index contributed by atoms with van der Waals surface area (Å²) in [7, 11) is 3.62. The molecule has 1 amide bonds. The number of carbonyl (C=O) groups is 4. The molecule has 0 aliphatic heterocycles. The fourth-order valence-electron chi connectivity index (χ4n) is 5.86. The number of amides is 1. The monoisotopic (exact) mass is 606 g/mol. The maximum atomic E-state index is 13.8. The SMILES string of the molecule is CC(=O)OC(CC(=O)OC1CCC(Nc2cc(-n3cc(C(F)(F)F)c4c3CCCC4=O)ccc2C(N)=O)CC1)CN(C)C. The van der Waals surface area contributed by atoms with E-state index in [1.165, 1.54) is 23.6 Å². The lowest BCUT2D eigenvalue weighted by Crippen LogP contribution is -2.35. The number of halogens is 3. The van der Waals surface area contributed by atoms with Crippen LogP contribution in [0, 0.1) is 0 Å². The molecule has 0 radical (unpaired) electrons. The number of ketones is 1. The number of nitrogens with zero attached hydrogens (tertiary/aromatic N) is 2. The van der Waals surface area contributed by atoms with Crippen LogP contribution in [0.5, 0.6) is 0 Å². The van der Waals surface area contributed by atoms with Gasteiger partial charge in [-0.25, -0.2) is 0 Å². The van der Waals surface area contributed by atoms with Crippen LogP contribution in [0.4, 0.5) is 18.9 Å². The van der Waals surface area contributed by atoms with E-state index in [4.69, 9.17) is 15.2 Å². The smallest absolute Gasteiger partial charge is 0.418 e. The molecule has 0 saturated heterocycles. The van der Waals surface area contributed by atoms with Crippen molar-refractivity contribution in [2.24, 2.45) is 5.73 Å². The van der Waals surface area contributed by atoms with Crippen molar-refractivity contribution in [1.82, 2.24) is 9.47 Å². The number of anilines is 1. The fourth-order valence-corrected chi connectivity index (χ4v) is 5.86. The minimum atomic E-state index is -4.69. The highest BCUT2D eigenvalue weighted by Crippen LogP contribution is 2.39. The van der Waals surface area contributed by atoms with E-state index in [9.17, 15) is 32.3 Å². The number of ether oxygens (including phenoxy) is 2. The molecule has 13 heteroatoms. The molecular weight excluding hydrogens is 569 g/mol. The number of carbonyl (C=O) groups excluding carboxylic acids is 4. The Labute approximate surface area is 247 Å². The first kappa shape index (κ1) is 32.1. The third-order valence-corrected chi connectivity index (χ3v) is 7.68. The zero-order valence-electron chi connectivity index (χ0n) is 24.5. The molecule has 2 aromatic rings. The van der Waals surface area contributed by atoms with E-state index in [2.05, 4.69) is 5.32 Å². The van der Waals surface area contributed by atoms with Crippen LogP contribution in [0.15, 0.2) is 24.4 Å². The first-order valence-corrected chi connectivity index (χ1v) is 14.3. The van der Waals surface area contributed by atoms with Gasteiger partial charge in [-0.15, -0.1) is 0 Å². The second-order valence-corrected chi connectivity index (χ2v) is 11.4. The highest BCUT2D eigenvalue weighted by atomic mass is 19.4. The van der Waals surface area contributed by atoms with Crippen LogP contribution < -0.4 is 11.1 Å². The Balaban J connectivity index is 1.46. The Morgan fingerprint density at radius 1 is 1.14 bits per heavy atom. The Morgan fingerprint density at radius 3 is 2.44 bits per heavy atom. The Hall–Kier alpha value is -3.87. The van der Waals surface area contributed by atoms with Gasteiger partial charge in [0, 0.05) is 49.2 Å². The molecule has 2 aliphatic rings. The number of nitrogens with two attached hydrogens (primary N) is 1. The van der Waals surface area contributed by atoms with Gasteiger partial charge in [0.05, 0.1) is 23.1 Å². The van der Waals surface area contributed by atoms with Crippen molar-refractivity contribution < 1.29 is 41.8 Å². The summed E-state index contributed by atoms with van der Waals surface area (Å²) in [4.78, 5) is 50.4. The molecule has 1 heterocycles. The van der Waals surface area contributed by atoms with Crippen LogP contribution in [0.2, 0.25) is 0 Å². The molecule has 2 aliphatic carbocycles. The quantitative estimate of drug-likeness (QED) is 0.384. The lowest BCUT2D eigenvalue weighted by Gasteiger charge is -2.30. The number of likely N-dealkylation sites (N-methyl/N-ethyl adjacent to an activating group) is 1. The molecule has 10 nitrogen and oxygen atoms in total. The number of hydrogen-bond donors (Lipinski definition) is 2. The van der Waals surface area contributed by atoms with Gasteiger partial charge in [0.1, 0.15) is 12.2 Å². The van der Waals surface area contributed by atoms with Crippen molar-refractivity contribution in [2.45, 2.75) is 82.7 Å². The maximum absolute atomic E-state index is 13.8. The molecule has 1 aromatic heterocycles. The van der Waals surface area contributed by atoms with E-state index in [0.29, 0.717) is 62.1 Å². The van der Waals surface area contributed by atoms with E-state index in [1.807, 2.05) is 19.0 Å². The van der Waals surface area contributed by atoms with Crippen molar-refractivity contribution in [1.29, 1.82) is 0 Å². The predicted molar refractivity (Wildman–Crippen MR) is 151 cm³/mol. The van der Waals surface area contributed by atoms with Crippen molar-refractivity contribution in [3.8, 4) is 5.69 Å². The van der Waals surface area contributed by atoms with Crippen LogP contribution in [0.3, 0.4) is 0 Å². The Morgan fingerprint density at radius 2 is 1.84 bits per heavy atom. The standard InChI is InChI=1S/C30H37F3N4O6/c1-17(38)42-21(15-36(2)3)14-27(40)43-20-10-7-18(8-11-20)35-24-13-19(9-12-22(24)29(34)41)37-16-23(30(31,32)33)28-25(37)5-4-6-26(28)39/h9,12-13,16,18,20-21,35H,4-8,10-11,14-15H2,1-3H3,(H2,34,41). The molecule has 0 bridgehead atoms. The van der Waals surface area contributed by atoms with Crippen molar-refractivity contribution in [2.75, 3.05) is 26.0 Å². The average molecular weight is 607 g/mol. The minimum Gasteiger partial charge on any atom is -0.462 e. The maximum Gasteiger partial charge on any atom is 0.418 e. The van der Waals surface area contributed by atoms with Gasteiger partial charge in [0.15, 0.2) is 5.78 Å². The summed E-state index contributed by atoms with van der Waals surface area (Å²) in [6.07, 6.45) is -1.64. The molecule has 1 fully saturated rings. The minimum absolute atomic E-state index is 0.0601. The molecule has 1 atom stereocenters. The number of nitrogens with one attached hydrogen (secondary N) is 1. The highest BCUT2D eigenvalue weighted by Gasteiger charge is 2.40. The first-order valence-electron chi connectivity index (χ1n) is 14.3. The zero-order chi connectivity index (χ0) is 31.5. The number of aromatic nitrogens is 1. The topological polar surface area (TPSA) is 133 Å². The van der Waals surface area contributed by atoms with Crippen LogP contribution in [-0.2, 0) is 31.7 Å². The summed E-state index contributed by atoms with van der Waals surface area (Å²) >= 11 is 0. The molecular formula is C30H37F3N4O6. The van der Waals surface area contributed by atoms with E-state index in [-0.39, 0.29) is 36.1 Å². The van der Waals surface area contributed by atoms with E-state index in [1.54, 1.807) is 6.07 Å². The summed E-state index contributed by atoms with van der Waals surface area (Å²) in [6, 6.07) is 4.44. The normalized spacial score (nSPS) is 19.5. The summed E-state index contributed by atoms with van der Waals surface area (Å²) < 4.78 is 53.7. The van der Waals surface area contributed by atoms with Gasteiger partial charge in [-0.1, -0.05) is 0 Å². The van der Waals surface area contributed by atoms with Gasteiger partial charge in [0.25, 0.3) is 5.91 Å². The van der Waals surface area contributed by atoms with Crippen LogP contribution in [0.1, 0.15) is 83.8 Å². The zero-order valence-corrected chi connectivity index (χ0v) is 24.5. The summed E-state index contributed by atoms with van der Waals surface area (Å²) in [5, 5.41) is 3.31. The van der Waals surface area contributed by atoms with E-state index in [0.717, 1.165) is 6.20 Å². The second-order valence-electron chi connectivity index (χ2n) is 11.4. The number of rotatable bonds is 10. The lowest BCUT2D eigenvalue weighted by atomic mass is 9.92. The number of fused-ring (bicyclic) bond motifs is 1. The Bertz CT molecular complexity index is 1380. The van der Waals surface area contributed by atoms with Gasteiger partial charge in [-0.3, -0.25) is 19.2 Å². The van der Waals surface area contributed by atoms with Crippen molar-refractivity contribution >= 4 is 29.3 Å². The first-order chi connectivity index (χ1) is 20.2. The molecule has 4 rings (SSSR count). The number of hydrogen-bond acceptors (Lipinski definition) is 8. The van der Waals surface area contributed by atoms with Crippen LogP contribution in [0.25, 0.3) is 5.69 Å². The largest absolute Gasteiger partial charge is 0.462 e. The van der Waals surface area contributed by atoms with Crippen molar-refractivity contribution in [3.63, 3.8) is 0 Å². The number of alkyl halides is 3. The molecule has 1 saturated carbocycles. The Kier molecular flexibility index (Phi) is 9.83. The van der Waals surface area contributed by atoms with Crippen molar-refractivity contribution in [3.05, 3.63) is 46.8 Å². The molecule has 0 spiro atoms. The fraction of sp³-hybridized carbons (Fsp3) is 0.533. The van der Waals surface area contributed by atoms with Crippen LogP contribution >= 0.6 is 0 Å². The van der Waals surface area contributed by atoms with Gasteiger partial charge >= 0.3 is 18.1 Å². The van der Waals surface area contributed by atoms with E-state index >= 15 is 0 Å². The molecule has 1 aromatic carbocycles. The predicted octanol–water partition coefficient (Wildman–Crippen LogP) is 4.26. The highest BCUT2D eigenvalue weighted by molar-refractivity contribution is 6.00. The third-order valence-electron chi connectivity index (χ3n) is 7.68. The third kappa shape index (κ3) is 7.95.